The number of hydrogen-bond donors (Lipinski definition) is 4. The third-order valence-corrected chi connectivity index (χ3v) is 5.17. The predicted molar refractivity (Wildman–Crippen MR) is 110 cm³/mol. The third kappa shape index (κ3) is 5.58. The van der Waals surface area contributed by atoms with Gasteiger partial charge in [-0.15, -0.1) is 0 Å². The average Bonchev–Trinajstić information content (AvgIpc) is 3.07. The van der Waals surface area contributed by atoms with Gasteiger partial charge in [-0.25, -0.2) is 4.79 Å². The van der Waals surface area contributed by atoms with Crippen molar-refractivity contribution in [2.45, 2.75) is 51.4 Å². The molecule has 0 radical (unpaired) electrons. The van der Waals surface area contributed by atoms with Crippen molar-refractivity contribution in [2.75, 3.05) is 18.5 Å². The van der Waals surface area contributed by atoms with Gasteiger partial charge in [0.15, 0.2) is 5.76 Å². The molecule has 0 aliphatic carbocycles. The van der Waals surface area contributed by atoms with Crippen molar-refractivity contribution in [1.82, 2.24) is 15.8 Å². The summed E-state index contributed by atoms with van der Waals surface area (Å²) in [6.45, 7) is 3.72. The summed E-state index contributed by atoms with van der Waals surface area (Å²) in [5, 5.41) is 22.0. The lowest BCUT2D eigenvalue weighted by Gasteiger charge is -2.36. The van der Waals surface area contributed by atoms with Crippen LogP contribution in [0, 0.1) is 13.8 Å². The number of aliphatic hydroxyl groups excluding tert-OH is 1. The topological polar surface area (TPSA) is 126 Å². The molecule has 3 rings (SSSR count). The normalized spacial score (nSPS) is 21.1. The van der Waals surface area contributed by atoms with Crippen LogP contribution in [-0.4, -0.2) is 53.6 Å². The van der Waals surface area contributed by atoms with Crippen LogP contribution in [-0.2, 0) is 4.74 Å². The summed E-state index contributed by atoms with van der Waals surface area (Å²) in [5.74, 6) is 0.367. The number of hydrogen-bond acceptors (Lipinski definition) is 6. The minimum Gasteiger partial charge on any atom is -0.394 e. The summed E-state index contributed by atoms with van der Waals surface area (Å²) in [5.41, 5.74) is 1.76. The number of ether oxygens (including phenoxy) is 1. The van der Waals surface area contributed by atoms with Crippen LogP contribution in [0.3, 0.4) is 0 Å². The summed E-state index contributed by atoms with van der Waals surface area (Å²) in [6, 6.07) is 8.36. The van der Waals surface area contributed by atoms with Gasteiger partial charge in [-0.05, 0) is 45.2 Å². The molecule has 3 atom stereocenters. The number of benzene rings is 1. The molecule has 9 nitrogen and oxygen atoms in total. The Morgan fingerprint density at radius 1 is 1.20 bits per heavy atom. The van der Waals surface area contributed by atoms with Crippen LogP contribution in [0.1, 0.15) is 41.1 Å². The highest BCUT2D eigenvalue weighted by molar-refractivity contribution is 5.94. The molecular formula is C21H28N4O5. The molecular weight excluding hydrogens is 388 g/mol. The van der Waals surface area contributed by atoms with E-state index in [4.69, 9.17) is 9.26 Å². The van der Waals surface area contributed by atoms with E-state index in [0.717, 1.165) is 6.42 Å². The number of aromatic nitrogens is 1. The first-order valence-electron chi connectivity index (χ1n) is 10.1. The molecule has 0 bridgehead atoms. The molecule has 1 aliphatic heterocycles. The van der Waals surface area contributed by atoms with Crippen molar-refractivity contribution in [1.29, 1.82) is 0 Å². The molecule has 2 heterocycles. The van der Waals surface area contributed by atoms with Crippen LogP contribution < -0.4 is 16.0 Å². The number of rotatable bonds is 7. The van der Waals surface area contributed by atoms with Gasteiger partial charge in [0.1, 0.15) is 17.5 Å². The second-order valence-corrected chi connectivity index (χ2v) is 7.37. The van der Waals surface area contributed by atoms with Gasteiger partial charge >= 0.3 is 6.03 Å². The van der Waals surface area contributed by atoms with E-state index < -0.39 is 6.10 Å². The Labute approximate surface area is 175 Å². The SMILES string of the molecule is Cc1noc(C)c1NC(=O)NCC[C@@H]1CC[C@@H](NC(=O)c2ccccc2)[C@@H](CO)O1. The van der Waals surface area contributed by atoms with Gasteiger partial charge in [-0.2, -0.15) is 0 Å². The fourth-order valence-electron chi connectivity index (χ4n) is 3.52. The van der Waals surface area contributed by atoms with Crippen LogP contribution >= 0.6 is 0 Å². The zero-order valence-corrected chi connectivity index (χ0v) is 17.2. The number of aryl methyl sites for hydroxylation is 2. The highest BCUT2D eigenvalue weighted by Gasteiger charge is 2.32. The first-order chi connectivity index (χ1) is 14.5. The summed E-state index contributed by atoms with van der Waals surface area (Å²) in [4.78, 5) is 24.4. The van der Waals surface area contributed by atoms with E-state index in [2.05, 4.69) is 21.1 Å². The predicted octanol–water partition coefficient (Wildman–Crippen LogP) is 2.14. The largest absolute Gasteiger partial charge is 0.394 e. The Kier molecular flexibility index (Phi) is 7.42. The Morgan fingerprint density at radius 3 is 2.63 bits per heavy atom. The summed E-state index contributed by atoms with van der Waals surface area (Å²) < 4.78 is 11.0. The Hall–Kier alpha value is -2.91. The smallest absolute Gasteiger partial charge is 0.319 e. The highest BCUT2D eigenvalue weighted by Crippen LogP contribution is 2.22. The molecule has 1 fully saturated rings. The van der Waals surface area contributed by atoms with Gasteiger partial charge in [-0.1, -0.05) is 23.4 Å². The second kappa shape index (κ2) is 10.2. The van der Waals surface area contributed by atoms with Gasteiger partial charge in [0.05, 0.1) is 18.8 Å². The molecule has 2 aromatic rings. The second-order valence-electron chi connectivity index (χ2n) is 7.37. The lowest BCUT2D eigenvalue weighted by molar-refractivity contribution is -0.0892. The fourth-order valence-corrected chi connectivity index (χ4v) is 3.52. The van der Waals surface area contributed by atoms with Crippen LogP contribution in [0.25, 0.3) is 0 Å². The monoisotopic (exact) mass is 416 g/mol. The van der Waals surface area contributed by atoms with Crippen molar-refractivity contribution in [3.63, 3.8) is 0 Å². The van der Waals surface area contributed by atoms with Crippen molar-refractivity contribution < 1.29 is 24.0 Å². The number of urea groups is 1. The van der Waals surface area contributed by atoms with Crippen LogP contribution in [0.2, 0.25) is 0 Å². The van der Waals surface area contributed by atoms with Crippen molar-refractivity contribution >= 4 is 17.6 Å². The molecule has 162 valence electrons. The number of carbonyl (C=O) groups is 2. The van der Waals surface area contributed by atoms with E-state index in [9.17, 15) is 14.7 Å². The van der Waals surface area contributed by atoms with Gasteiger partial charge in [0.25, 0.3) is 5.91 Å². The Morgan fingerprint density at radius 2 is 1.97 bits per heavy atom. The quantitative estimate of drug-likeness (QED) is 0.548. The molecule has 4 N–H and O–H groups in total. The maximum atomic E-state index is 12.4. The number of nitrogens with zero attached hydrogens (tertiary/aromatic N) is 1. The highest BCUT2D eigenvalue weighted by atomic mass is 16.5. The van der Waals surface area contributed by atoms with E-state index in [1.807, 2.05) is 6.07 Å². The number of carbonyl (C=O) groups excluding carboxylic acids is 2. The molecule has 1 saturated heterocycles. The lowest BCUT2D eigenvalue weighted by Crippen LogP contribution is -2.51. The molecule has 1 aliphatic rings. The standard InChI is InChI=1S/C21H28N4O5/c1-13-19(14(2)30-25-13)24-21(28)22-11-10-16-8-9-17(18(12-26)29-16)23-20(27)15-6-4-3-5-7-15/h3-7,16-18,26H,8-12H2,1-2H3,(H,23,27)(H2,22,24,28)/t16-,17+,18+/m0/s1. The van der Waals surface area contributed by atoms with Crippen molar-refractivity contribution in [2.24, 2.45) is 0 Å². The van der Waals surface area contributed by atoms with E-state index in [1.165, 1.54) is 0 Å². The average molecular weight is 416 g/mol. The van der Waals surface area contributed by atoms with Crippen LogP contribution in [0.4, 0.5) is 10.5 Å². The van der Waals surface area contributed by atoms with Crippen molar-refractivity contribution in [3.05, 3.63) is 47.3 Å². The molecule has 0 saturated carbocycles. The van der Waals surface area contributed by atoms with Crippen LogP contribution in [0.5, 0.6) is 0 Å². The number of nitrogens with one attached hydrogen (secondary N) is 3. The molecule has 1 aromatic carbocycles. The first kappa shape index (κ1) is 21.8. The van der Waals surface area contributed by atoms with Gasteiger partial charge in [0, 0.05) is 12.1 Å². The summed E-state index contributed by atoms with van der Waals surface area (Å²) in [6.07, 6.45) is 1.44. The molecule has 30 heavy (non-hydrogen) atoms. The van der Waals surface area contributed by atoms with E-state index in [-0.39, 0.29) is 30.7 Å². The molecule has 3 amide bonds. The number of anilines is 1. The summed E-state index contributed by atoms with van der Waals surface area (Å²) in [7, 11) is 0. The first-order valence-corrected chi connectivity index (χ1v) is 10.1. The number of aliphatic hydroxyl groups is 1. The molecule has 1 aromatic heterocycles. The minimum absolute atomic E-state index is 0.105. The zero-order valence-electron chi connectivity index (χ0n) is 17.2. The maximum absolute atomic E-state index is 12.4. The third-order valence-electron chi connectivity index (χ3n) is 5.17. The molecule has 0 spiro atoms. The fraction of sp³-hybridized carbons (Fsp3) is 0.476. The van der Waals surface area contributed by atoms with E-state index >= 15 is 0 Å². The van der Waals surface area contributed by atoms with Gasteiger partial charge < -0.3 is 30.3 Å². The Bertz CT molecular complexity index is 835. The van der Waals surface area contributed by atoms with E-state index in [0.29, 0.717) is 42.1 Å². The maximum Gasteiger partial charge on any atom is 0.319 e. The van der Waals surface area contributed by atoms with Crippen LogP contribution in [0.15, 0.2) is 34.9 Å². The zero-order chi connectivity index (χ0) is 21.5. The van der Waals surface area contributed by atoms with Crippen molar-refractivity contribution in [3.8, 4) is 0 Å². The van der Waals surface area contributed by atoms with E-state index in [1.54, 1.807) is 38.1 Å². The number of amides is 3. The molecule has 0 unspecified atom stereocenters. The van der Waals surface area contributed by atoms with Gasteiger partial charge in [-0.3, -0.25) is 4.79 Å². The Balaban J connectivity index is 1.42. The lowest BCUT2D eigenvalue weighted by atomic mass is 9.96. The summed E-state index contributed by atoms with van der Waals surface area (Å²) >= 11 is 0. The molecule has 9 heteroatoms. The minimum atomic E-state index is -0.479. The van der Waals surface area contributed by atoms with Gasteiger partial charge in [0.2, 0.25) is 0 Å².